The van der Waals surface area contributed by atoms with Gasteiger partial charge in [0, 0.05) is 23.9 Å². The lowest BCUT2D eigenvalue weighted by atomic mass is 9.81. The minimum atomic E-state index is -1.63. The predicted octanol–water partition coefficient (Wildman–Crippen LogP) is 2.26. The number of hydrogen-bond donors (Lipinski definition) is 1. The SMILES string of the molecule is O=C(C[C@@H]1C[C@H]2CN(C(=O)C3(F)CCC3)C[C@H]2O1)NCc1cccs1. The Morgan fingerprint density at radius 3 is 2.88 bits per heavy atom. The third-order valence-electron chi connectivity index (χ3n) is 5.58. The van der Waals surface area contributed by atoms with Gasteiger partial charge in [0.2, 0.25) is 5.91 Å². The number of hydrogen-bond acceptors (Lipinski definition) is 4. The van der Waals surface area contributed by atoms with Gasteiger partial charge in [-0.2, -0.15) is 0 Å². The third kappa shape index (κ3) is 3.44. The van der Waals surface area contributed by atoms with Crippen LogP contribution in [0, 0.1) is 5.92 Å². The van der Waals surface area contributed by atoms with Crippen LogP contribution in [0.15, 0.2) is 17.5 Å². The van der Waals surface area contributed by atoms with E-state index < -0.39 is 5.67 Å². The van der Waals surface area contributed by atoms with Crippen molar-refractivity contribution in [3.8, 4) is 0 Å². The molecule has 4 rings (SSSR count). The highest BCUT2D eigenvalue weighted by Crippen LogP contribution is 2.41. The fourth-order valence-corrected chi connectivity index (χ4v) is 4.67. The van der Waals surface area contributed by atoms with Crippen LogP contribution in [0.1, 0.15) is 37.0 Å². The molecule has 1 saturated carbocycles. The second-order valence-corrected chi connectivity index (χ2v) is 8.41. The van der Waals surface area contributed by atoms with E-state index in [2.05, 4.69) is 5.32 Å². The molecule has 2 saturated heterocycles. The molecule has 0 radical (unpaired) electrons. The number of halogens is 1. The Morgan fingerprint density at radius 2 is 2.24 bits per heavy atom. The second kappa shape index (κ2) is 6.68. The number of likely N-dealkylation sites (tertiary alicyclic amines) is 1. The molecule has 25 heavy (non-hydrogen) atoms. The number of ether oxygens (including phenoxy) is 1. The lowest BCUT2D eigenvalue weighted by molar-refractivity contribution is -0.149. The van der Waals surface area contributed by atoms with Crippen molar-refractivity contribution in [3.05, 3.63) is 22.4 Å². The molecule has 1 aromatic heterocycles. The number of alkyl halides is 1. The maximum Gasteiger partial charge on any atom is 0.260 e. The molecule has 3 heterocycles. The minimum Gasteiger partial charge on any atom is -0.372 e. The van der Waals surface area contributed by atoms with Crippen molar-refractivity contribution < 1.29 is 18.7 Å². The fraction of sp³-hybridized carbons (Fsp3) is 0.667. The van der Waals surface area contributed by atoms with Gasteiger partial charge in [0.25, 0.3) is 5.91 Å². The average Bonchev–Trinajstić information content (AvgIpc) is 3.25. The second-order valence-electron chi connectivity index (χ2n) is 7.38. The van der Waals surface area contributed by atoms with E-state index >= 15 is 0 Å². The van der Waals surface area contributed by atoms with Crippen LogP contribution in [0.5, 0.6) is 0 Å². The molecule has 0 spiro atoms. The smallest absolute Gasteiger partial charge is 0.260 e. The summed E-state index contributed by atoms with van der Waals surface area (Å²) >= 11 is 1.62. The predicted molar refractivity (Wildman–Crippen MR) is 91.8 cm³/mol. The molecule has 3 fully saturated rings. The molecular formula is C18H23FN2O3S. The Morgan fingerprint density at radius 1 is 1.40 bits per heavy atom. The van der Waals surface area contributed by atoms with Crippen molar-refractivity contribution in [2.24, 2.45) is 5.92 Å². The summed E-state index contributed by atoms with van der Waals surface area (Å²) in [5.74, 6) is -0.145. The fourth-order valence-electron chi connectivity index (χ4n) is 4.02. The summed E-state index contributed by atoms with van der Waals surface area (Å²) in [6.07, 6.45) is 2.46. The lowest BCUT2D eigenvalue weighted by Crippen LogP contribution is -2.50. The van der Waals surface area contributed by atoms with Crippen molar-refractivity contribution >= 4 is 23.2 Å². The monoisotopic (exact) mass is 366 g/mol. The van der Waals surface area contributed by atoms with Gasteiger partial charge in [-0.05, 0) is 37.1 Å². The quantitative estimate of drug-likeness (QED) is 0.870. The van der Waals surface area contributed by atoms with E-state index in [4.69, 9.17) is 4.74 Å². The van der Waals surface area contributed by atoms with Crippen LogP contribution in [0.25, 0.3) is 0 Å². The highest BCUT2D eigenvalue weighted by Gasteiger charge is 2.51. The standard InChI is InChI=1S/C18H23FN2O3S/c19-18(4-2-5-18)17(23)21-10-12-7-13(24-15(12)11-21)8-16(22)20-9-14-3-1-6-25-14/h1,3,6,12-13,15H,2,4-5,7-11H2,(H,20,22)/t12-,13-,15+/m0/s1. The van der Waals surface area contributed by atoms with E-state index in [1.165, 1.54) is 0 Å². The Labute approximate surface area is 150 Å². The van der Waals surface area contributed by atoms with Crippen molar-refractivity contribution in [3.63, 3.8) is 0 Å². The molecular weight excluding hydrogens is 343 g/mol. The van der Waals surface area contributed by atoms with Crippen LogP contribution in [0.3, 0.4) is 0 Å². The molecule has 3 aliphatic rings. The third-order valence-corrected chi connectivity index (χ3v) is 6.46. The summed E-state index contributed by atoms with van der Waals surface area (Å²) in [6, 6.07) is 3.96. The van der Waals surface area contributed by atoms with Gasteiger partial charge < -0.3 is 15.0 Å². The van der Waals surface area contributed by atoms with Crippen LogP contribution in [-0.4, -0.2) is 47.7 Å². The number of fused-ring (bicyclic) bond motifs is 1. The van der Waals surface area contributed by atoms with E-state index in [0.717, 1.165) is 17.7 Å². The molecule has 0 bridgehead atoms. The lowest BCUT2D eigenvalue weighted by Gasteiger charge is -2.35. The van der Waals surface area contributed by atoms with E-state index in [-0.39, 0.29) is 29.9 Å². The number of nitrogens with zero attached hydrogens (tertiary/aromatic N) is 1. The molecule has 0 unspecified atom stereocenters. The first-order valence-corrected chi connectivity index (χ1v) is 9.84. The first-order valence-electron chi connectivity index (χ1n) is 8.96. The largest absolute Gasteiger partial charge is 0.372 e. The number of nitrogens with one attached hydrogen (secondary N) is 1. The van der Waals surface area contributed by atoms with Gasteiger partial charge in [0.1, 0.15) is 0 Å². The van der Waals surface area contributed by atoms with Crippen LogP contribution in [0.2, 0.25) is 0 Å². The molecule has 136 valence electrons. The maximum absolute atomic E-state index is 14.3. The van der Waals surface area contributed by atoms with Crippen molar-refractivity contribution in [2.45, 2.75) is 56.5 Å². The number of rotatable bonds is 5. The molecule has 1 aromatic rings. The van der Waals surface area contributed by atoms with Crippen LogP contribution >= 0.6 is 11.3 Å². The summed E-state index contributed by atoms with van der Waals surface area (Å²) in [4.78, 5) is 27.1. The number of carbonyl (C=O) groups is 2. The average molecular weight is 366 g/mol. The molecule has 0 aromatic carbocycles. The molecule has 3 atom stereocenters. The van der Waals surface area contributed by atoms with Crippen molar-refractivity contribution in [1.82, 2.24) is 10.2 Å². The zero-order valence-corrected chi connectivity index (χ0v) is 14.9. The Balaban J connectivity index is 1.22. The molecule has 7 heteroatoms. The molecule has 2 amide bonds. The molecule has 1 aliphatic carbocycles. The van der Waals surface area contributed by atoms with Gasteiger partial charge in [-0.25, -0.2) is 4.39 Å². The Bertz CT molecular complexity index is 633. The van der Waals surface area contributed by atoms with E-state index in [1.807, 2.05) is 17.5 Å². The van der Waals surface area contributed by atoms with Gasteiger partial charge in [-0.15, -0.1) is 11.3 Å². The zero-order chi connectivity index (χ0) is 17.4. The van der Waals surface area contributed by atoms with Crippen LogP contribution < -0.4 is 5.32 Å². The normalized spacial score (nSPS) is 30.0. The first kappa shape index (κ1) is 17.0. The summed E-state index contributed by atoms with van der Waals surface area (Å²) in [5.41, 5.74) is -1.63. The van der Waals surface area contributed by atoms with Crippen LogP contribution in [0.4, 0.5) is 4.39 Å². The van der Waals surface area contributed by atoms with E-state index in [1.54, 1.807) is 16.2 Å². The summed E-state index contributed by atoms with van der Waals surface area (Å²) in [6.45, 7) is 1.57. The number of carbonyl (C=O) groups excluding carboxylic acids is 2. The van der Waals surface area contributed by atoms with E-state index in [9.17, 15) is 14.0 Å². The van der Waals surface area contributed by atoms with Gasteiger partial charge in [0.05, 0.1) is 25.2 Å². The van der Waals surface area contributed by atoms with E-state index in [0.29, 0.717) is 38.9 Å². The summed E-state index contributed by atoms with van der Waals surface area (Å²) < 4.78 is 20.3. The Hall–Kier alpha value is -1.47. The maximum atomic E-state index is 14.3. The molecule has 5 nitrogen and oxygen atoms in total. The van der Waals surface area contributed by atoms with Gasteiger partial charge in [-0.1, -0.05) is 6.07 Å². The number of amides is 2. The molecule has 2 aliphatic heterocycles. The topological polar surface area (TPSA) is 58.6 Å². The van der Waals surface area contributed by atoms with Gasteiger partial charge >= 0.3 is 0 Å². The molecule has 1 N–H and O–H groups in total. The highest BCUT2D eigenvalue weighted by molar-refractivity contribution is 7.09. The minimum absolute atomic E-state index is 0.0107. The summed E-state index contributed by atoms with van der Waals surface area (Å²) in [7, 11) is 0. The van der Waals surface area contributed by atoms with Crippen molar-refractivity contribution in [1.29, 1.82) is 0 Å². The van der Waals surface area contributed by atoms with Gasteiger partial charge in [-0.3, -0.25) is 9.59 Å². The summed E-state index contributed by atoms with van der Waals surface area (Å²) in [5, 5.41) is 4.90. The number of thiophene rings is 1. The zero-order valence-electron chi connectivity index (χ0n) is 14.1. The Kier molecular flexibility index (Phi) is 4.54. The van der Waals surface area contributed by atoms with Crippen molar-refractivity contribution in [2.75, 3.05) is 13.1 Å². The van der Waals surface area contributed by atoms with Crippen LogP contribution in [-0.2, 0) is 20.9 Å². The van der Waals surface area contributed by atoms with Gasteiger partial charge in [0.15, 0.2) is 5.67 Å². The highest BCUT2D eigenvalue weighted by atomic mass is 32.1. The first-order chi connectivity index (χ1) is 12.0.